The summed E-state index contributed by atoms with van der Waals surface area (Å²) in [6.07, 6.45) is 1.25. The van der Waals surface area contributed by atoms with Crippen LogP contribution in [-0.4, -0.2) is 30.2 Å². The Morgan fingerprint density at radius 2 is 2.24 bits per heavy atom. The van der Waals surface area contributed by atoms with Gasteiger partial charge in [-0.2, -0.15) is 5.10 Å². The van der Waals surface area contributed by atoms with Gasteiger partial charge < -0.3 is 15.6 Å². The van der Waals surface area contributed by atoms with Crippen LogP contribution in [0, 0.1) is 0 Å². The number of carbonyl (C=O) groups excluding carboxylic acids is 2. The van der Waals surface area contributed by atoms with Crippen LogP contribution >= 0.6 is 0 Å². The van der Waals surface area contributed by atoms with Crippen molar-refractivity contribution in [2.75, 3.05) is 7.11 Å². The molecule has 0 aliphatic carbocycles. The summed E-state index contributed by atoms with van der Waals surface area (Å²) in [5, 5.41) is 12.9. The van der Waals surface area contributed by atoms with Gasteiger partial charge in [0.05, 0.1) is 13.3 Å². The number of primary amides is 1. The molecule has 0 aliphatic heterocycles. The molecule has 0 spiro atoms. The minimum absolute atomic E-state index is 0.0577. The van der Waals surface area contributed by atoms with Crippen molar-refractivity contribution in [2.24, 2.45) is 10.8 Å². The summed E-state index contributed by atoms with van der Waals surface area (Å²) < 4.78 is 4.85. The quantitative estimate of drug-likeness (QED) is 0.367. The Bertz CT molecular complexity index is 471. The van der Waals surface area contributed by atoms with E-state index in [0.717, 1.165) is 0 Å². The second-order valence-corrected chi connectivity index (χ2v) is 2.99. The molecule has 0 saturated carbocycles. The third-order valence-corrected chi connectivity index (χ3v) is 1.81. The minimum Gasteiger partial charge on any atom is -0.504 e. The molecule has 0 radical (unpaired) electrons. The number of phenolic OH excluding ortho intramolecular Hbond substituents is 1. The predicted molar refractivity (Wildman–Crippen MR) is 59.6 cm³/mol. The van der Waals surface area contributed by atoms with Crippen molar-refractivity contribution >= 4 is 18.0 Å². The summed E-state index contributed by atoms with van der Waals surface area (Å²) in [7, 11) is 1.43. The highest BCUT2D eigenvalue weighted by molar-refractivity contribution is 6.34. The Labute approximate surface area is 96.9 Å². The van der Waals surface area contributed by atoms with Crippen LogP contribution in [0.15, 0.2) is 23.3 Å². The van der Waals surface area contributed by atoms with E-state index in [4.69, 9.17) is 10.5 Å². The van der Waals surface area contributed by atoms with Crippen molar-refractivity contribution in [3.63, 3.8) is 0 Å². The fourth-order valence-corrected chi connectivity index (χ4v) is 1.01. The third-order valence-electron chi connectivity index (χ3n) is 1.81. The van der Waals surface area contributed by atoms with E-state index in [1.165, 1.54) is 25.5 Å². The fourth-order valence-electron chi connectivity index (χ4n) is 1.01. The molecule has 2 amide bonds. The summed E-state index contributed by atoms with van der Waals surface area (Å²) in [4.78, 5) is 21.1. The monoisotopic (exact) mass is 237 g/mol. The van der Waals surface area contributed by atoms with Gasteiger partial charge in [0.2, 0.25) is 0 Å². The number of hydrazone groups is 1. The maximum atomic E-state index is 10.7. The first-order valence-electron chi connectivity index (χ1n) is 4.54. The van der Waals surface area contributed by atoms with Gasteiger partial charge in [0, 0.05) is 0 Å². The molecule has 1 aromatic rings. The van der Waals surface area contributed by atoms with Gasteiger partial charge in [-0.1, -0.05) is 0 Å². The van der Waals surface area contributed by atoms with Gasteiger partial charge in [-0.15, -0.1) is 0 Å². The van der Waals surface area contributed by atoms with Crippen LogP contribution in [0.3, 0.4) is 0 Å². The van der Waals surface area contributed by atoms with Gasteiger partial charge in [0.15, 0.2) is 11.5 Å². The summed E-state index contributed by atoms with van der Waals surface area (Å²) in [6, 6.07) is 4.53. The zero-order valence-corrected chi connectivity index (χ0v) is 9.01. The second kappa shape index (κ2) is 5.50. The molecule has 0 bridgehead atoms. The number of hydrogen-bond donors (Lipinski definition) is 3. The number of nitrogens with two attached hydrogens (primary N) is 1. The molecular formula is C10H11N3O4. The molecular weight excluding hydrogens is 226 g/mol. The number of methoxy groups -OCH3 is 1. The highest BCUT2D eigenvalue weighted by Crippen LogP contribution is 2.25. The molecule has 0 atom stereocenters. The van der Waals surface area contributed by atoms with Crippen LogP contribution in [0.2, 0.25) is 0 Å². The van der Waals surface area contributed by atoms with Crippen molar-refractivity contribution in [2.45, 2.75) is 0 Å². The predicted octanol–water partition coefficient (Wildman–Crippen LogP) is -0.664. The molecule has 17 heavy (non-hydrogen) atoms. The van der Waals surface area contributed by atoms with Gasteiger partial charge in [0.25, 0.3) is 0 Å². The number of nitrogens with zero attached hydrogens (tertiary/aromatic N) is 1. The molecule has 0 unspecified atom stereocenters. The van der Waals surface area contributed by atoms with E-state index in [1.807, 2.05) is 5.43 Å². The minimum atomic E-state index is -1.13. The standard InChI is InChI=1S/C10H11N3O4/c1-17-8-3-2-6(4-7(8)14)5-12-13-10(16)9(11)15/h2-5,14H,1H3,(H2,11,15)(H,13,16)/b12-5-. The van der Waals surface area contributed by atoms with Gasteiger partial charge in [-0.05, 0) is 23.8 Å². The number of carbonyl (C=O) groups is 2. The van der Waals surface area contributed by atoms with Gasteiger partial charge in [0.1, 0.15) is 0 Å². The summed E-state index contributed by atoms with van der Waals surface area (Å²) in [5.41, 5.74) is 7.14. The Hall–Kier alpha value is -2.57. The average Bonchev–Trinajstić information content (AvgIpc) is 2.29. The summed E-state index contributed by atoms with van der Waals surface area (Å²) in [5.74, 6) is -1.88. The number of hydrogen-bond acceptors (Lipinski definition) is 5. The van der Waals surface area contributed by atoms with Gasteiger partial charge in [-0.25, -0.2) is 5.43 Å². The van der Waals surface area contributed by atoms with Gasteiger partial charge >= 0.3 is 11.8 Å². The smallest absolute Gasteiger partial charge is 0.329 e. The summed E-state index contributed by atoms with van der Waals surface area (Å²) >= 11 is 0. The molecule has 7 nitrogen and oxygen atoms in total. The first-order valence-corrected chi connectivity index (χ1v) is 4.54. The molecule has 0 aromatic heterocycles. The van der Waals surface area contributed by atoms with E-state index in [9.17, 15) is 14.7 Å². The number of benzene rings is 1. The highest BCUT2D eigenvalue weighted by atomic mass is 16.5. The highest BCUT2D eigenvalue weighted by Gasteiger charge is 2.05. The molecule has 1 rings (SSSR count). The zero-order valence-electron chi connectivity index (χ0n) is 9.01. The average molecular weight is 237 g/mol. The fraction of sp³-hybridized carbons (Fsp3) is 0.100. The van der Waals surface area contributed by atoms with E-state index in [2.05, 4.69) is 5.10 Å². The number of ether oxygens (including phenoxy) is 1. The van der Waals surface area contributed by atoms with Crippen molar-refractivity contribution in [1.82, 2.24) is 5.43 Å². The Balaban J connectivity index is 2.69. The van der Waals surface area contributed by atoms with E-state index >= 15 is 0 Å². The van der Waals surface area contributed by atoms with E-state index < -0.39 is 11.8 Å². The normalized spacial score (nSPS) is 10.2. The summed E-state index contributed by atoms with van der Waals surface area (Å²) in [6.45, 7) is 0. The van der Waals surface area contributed by atoms with Crippen molar-refractivity contribution in [3.05, 3.63) is 23.8 Å². The van der Waals surface area contributed by atoms with Gasteiger partial charge in [-0.3, -0.25) is 9.59 Å². The number of aromatic hydroxyl groups is 1. The van der Waals surface area contributed by atoms with Crippen LogP contribution in [-0.2, 0) is 9.59 Å². The van der Waals surface area contributed by atoms with Crippen LogP contribution < -0.4 is 15.9 Å². The molecule has 0 aliphatic rings. The molecule has 1 aromatic carbocycles. The molecule has 90 valence electrons. The van der Waals surface area contributed by atoms with Crippen LogP contribution in [0.1, 0.15) is 5.56 Å². The van der Waals surface area contributed by atoms with Crippen molar-refractivity contribution in [1.29, 1.82) is 0 Å². The van der Waals surface area contributed by atoms with Crippen molar-refractivity contribution in [3.8, 4) is 11.5 Å². The molecule has 7 heteroatoms. The topological polar surface area (TPSA) is 114 Å². The first-order chi connectivity index (χ1) is 8.04. The lowest BCUT2D eigenvalue weighted by Gasteiger charge is -2.02. The van der Waals surface area contributed by atoms with Crippen LogP contribution in [0.25, 0.3) is 0 Å². The lowest BCUT2D eigenvalue weighted by atomic mass is 10.2. The van der Waals surface area contributed by atoms with E-state index in [1.54, 1.807) is 6.07 Å². The third kappa shape index (κ3) is 3.49. The van der Waals surface area contributed by atoms with Crippen LogP contribution in [0.4, 0.5) is 0 Å². The second-order valence-electron chi connectivity index (χ2n) is 2.99. The van der Waals surface area contributed by atoms with E-state index in [-0.39, 0.29) is 5.75 Å². The zero-order chi connectivity index (χ0) is 12.8. The lowest BCUT2D eigenvalue weighted by Crippen LogP contribution is -2.32. The Kier molecular flexibility index (Phi) is 4.04. The SMILES string of the molecule is COc1ccc(/C=N\NC(=O)C(N)=O)cc1O. The van der Waals surface area contributed by atoms with Crippen molar-refractivity contribution < 1.29 is 19.4 Å². The first kappa shape index (κ1) is 12.5. The van der Waals surface area contributed by atoms with E-state index in [0.29, 0.717) is 11.3 Å². The molecule has 0 heterocycles. The number of amides is 2. The number of rotatable bonds is 3. The Morgan fingerprint density at radius 1 is 1.53 bits per heavy atom. The molecule has 0 saturated heterocycles. The lowest BCUT2D eigenvalue weighted by molar-refractivity contribution is -0.137. The number of nitrogens with one attached hydrogen (secondary N) is 1. The molecule has 0 fully saturated rings. The van der Waals surface area contributed by atoms with Crippen LogP contribution in [0.5, 0.6) is 11.5 Å². The Morgan fingerprint density at radius 3 is 2.76 bits per heavy atom. The maximum Gasteiger partial charge on any atom is 0.329 e. The number of phenols is 1. The molecule has 4 N–H and O–H groups in total. The maximum absolute atomic E-state index is 10.7. The largest absolute Gasteiger partial charge is 0.504 e.